The first-order chi connectivity index (χ1) is 6.65. The molecule has 3 heteroatoms. The van der Waals surface area contributed by atoms with Gasteiger partial charge in [0.15, 0.2) is 0 Å². The number of nitrogens with zero attached hydrogens (tertiary/aromatic N) is 1. The van der Waals surface area contributed by atoms with E-state index in [2.05, 4.69) is 0 Å². The standard InChI is InChI=1S/C11H21NO2/c1-9(2)12(6-7-13)11(14)8-10-4-3-5-10/h9-10,13H,3-8H2,1-2H3. The van der Waals surface area contributed by atoms with E-state index in [-0.39, 0.29) is 18.6 Å². The van der Waals surface area contributed by atoms with Crippen LogP contribution in [0.2, 0.25) is 0 Å². The SMILES string of the molecule is CC(C)N(CCO)C(=O)CC1CCC1. The van der Waals surface area contributed by atoms with Crippen molar-refractivity contribution in [1.82, 2.24) is 4.90 Å². The third-order valence-corrected chi connectivity index (χ3v) is 2.97. The van der Waals surface area contributed by atoms with Gasteiger partial charge in [-0.25, -0.2) is 0 Å². The molecule has 1 N–H and O–H groups in total. The van der Waals surface area contributed by atoms with Crippen molar-refractivity contribution >= 4 is 5.91 Å². The van der Waals surface area contributed by atoms with Gasteiger partial charge < -0.3 is 10.0 Å². The molecule has 1 aliphatic carbocycles. The minimum atomic E-state index is 0.0641. The molecule has 0 spiro atoms. The smallest absolute Gasteiger partial charge is 0.223 e. The molecule has 3 nitrogen and oxygen atoms in total. The predicted octanol–water partition coefficient (Wildman–Crippen LogP) is 1.41. The summed E-state index contributed by atoms with van der Waals surface area (Å²) in [4.78, 5) is 13.6. The van der Waals surface area contributed by atoms with Crippen LogP contribution in [0.4, 0.5) is 0 Å². The van der Waals surface area contributed by atoms with Crippen molar-refractivity contribution in [2.24, 2.45) is 5.92 Å². The Morgan fingerprint density at radius 3 is 2.50 bits per heavy atom. The molecule has 1 amide bonds. The lowest BCUT2D eigenvalue weighted by molar-refractivity contribution is -0.135. The highest BCUT2D eigenvalue weighted by Gasteiger charge is 2.24. The topological polar surface area (TPSA) is 40.5 Å². The number of aliphatic hydroxyl groups is 1. The van der Waals surface area contributed by atoms with Crippen LogP contribution in [0.15, 0.2) is 0 Å². The first-order valence-electron chi connectivity index (χ1n) is 5.55. The number of aliphatic hydroxyl groups excluding tert-OH is 1. The summed E-state index contributed by atoms with van der Waals surface area (Å²) in [5, 5.41) is 8.85. The van der Waals surface area contributed by atoms with Crippen molar-refractivity contribution in [2.45, 2.75) is 45.6 Å². The summed E-state index contributed by atoms with van der Waals surface area (Å²) in [6.45, 7) is 4.53. The summed E-state index contributed by atoms with van der Waals surface area (Å²) in [5.41, 5.74) is 0. The summed E-state index contributed by atoms with van der Waals surface area (Å²) in [6.07, 6.45) is 4.37. The number of rotatable bonds is 5. The van der Waals surface area contributed by atoms with Crippen LogP contribution in [0.1, 0.15) is 39.5 Å². The third kappa shape index (κ3) is 2.98. The maximum Gasteiger partial charge on any atom is 0.223 e. The average molecular weight is 199 g/mol. The fraction of sp³-hybridized carbons (Fsp3) is 0.909. The molecule has 1 rings (SSSR count). The van der Waals surface area contributed by atoms with Crippen molar-refractivity contribution in [2.75, 3.05) is 13.2 Å². The van der Waals surface area contributed by atoms with Crippen molar-refractivity contribution in [3.05, 3.63) is 0 Å². The maximum atomic E-state index is 11.8. The zero-order valence-corrected chi connectivity index (χ0v) is 9.20. The largest absolute Gasteiger partial charge is 0.395 e. The molecule has 0 aromatic rings. The van der Waals surface area contributed by atoms with E-state index in [0.717, 1.165) is 0 Å². The fourth-order valence-corrected chi connectivity index (χ4v) is 1.84. The Kier molecular flexibility index (Phi) is 4.39. The van der Waals surface area contributed by atoms with Crippen LogP contribution in [-0.2, 0) is 4.79 Å². The highest BCUT2D eigenvalue weighted by Crippen LogP contribution is 2.30. The molecule has 0 unspecified atom stereocenters. The minimum absolute atomic E-state index is 0.0641. The molecule has 0 radical (unpaired) electrons. The Morgan fingerprint density at radius 1 is 1.50 bits per heavy atom. The molecule has 14 heavy (non-hydrogen) atoms. The van der Waals surface area contributed by atoms with Gasteiger partial charge in [-0.15, -0.1) is 0 Å². The van der Waals surface area contributed by atoms with Gasteiger partial charge in [0.05, 0.1) is 6.61 Å². The van der Waals surface area contributed by atoms with Crippen molar-refractivity contribution in [1.29, 1.82) is 0 Å². The number of amides is 1. The molecule has 82 valence electrons. The zero-order valence-electron chi connectivity index (χ0n) is 9.20. The van der Waals surface area contributed by atoms with E-state index in [1.807, 2.05) is 13.8 Å². The second kappa shape index (κ2) is 5.35. The fourth-order valence-electron chi connectivity index (χ4n) is 1.84. The van der Waals surface area contributed by atoms with Crippen LogP contribution in [-0.4, -0.2) is 35.1 Å². The zero-order chi connectivity index (χ0) is 10.6. The number of hydrogen-bond donors (Lipinski definition) is 1. The van der Waals surface area contributed by atoms with Gasteiger partial charge in [0.1, 0.15) is 0 Å². The highest BCUT2D eigenvalue weighted by molar-refractivity contribution is 5.76. The molecule has 0 aromatic carbocycles. The quantitative estimate of drug-likeness (QED) is 0.727. The first kappa shape index (κ1) is 11.5. The van der Waals surface area contributed by atoms with Crippen LogP contribution in [0.3, 0.4) is 0 Å². The normalized spacial score (nSPS) is 16.9. The minimum Gasteiger partial charge on any atom is -0.395 e. The summed E-state index contributed by atoms with van der Waals surface area (Å²) < 4.78 is 0. The average Bonchev–Trinajstić information content (AvgIpc) is 2.06. The molecule has 0 aliphatic heterocycles. The van der Waals surface area contributed by atoms with Crippen LogP contribution in [0.25, 0.3) is 0 Å². The lowest BCUT2D eigenvalue weighted by Crippen LogP contribution is -2.40. The molecule has 1 aliphatic rings. The molecule has 0 bridgehead atoms. The second-order valence-corrected chi connectivity index (χ2v) is 4.41. The van der Waals surface area contributed by atoms with Crippen LogP contribution >= 0.6 is 0 Å². The van der Waals surface area contributed by atoms with E-state index in [1.54, 1.807) is 4.90 Å². The van der Waals surface area contributed by atoms with Gasteiger partial charge in [-0.05, 0) is 32.6 Å². The number of carbonyl (C=O) groups excluding carboxylic acids is 1. The summed E-state index contributed by atoms with van der Waals surface area (Å²) in [7, 11) is 0. The monoisotopic (exact) mass is 199 g/mol. The Morgan fingerprint density at radius 2 is 2.14 bits per heavy atom. The van der Waals surface area contributed by atoms with E-state index in [4.69, 9.17) is 5.11 Å². The van der Waals surface area contributed by atoms with Gasteiger partial charge in [0.2, 0.25) is 5.91 Å². The number of carbonyl (C=O) groups is 1. The van der Waals surface area contributed by atoms with Gasteiger partial charge >= 0.3 is 0 Å². The Labute approximate surface area is 86.1 Å². The van der Waals surface area contributed by atoms with Gasteiger partial charge in [-0.2, -0.15) is 0 Å². The van der Waals surface area contributed by atoms with Crippen LogP contribution in [0.5, 0.6) is 0 Å². The van der Waals surface area contributed by atoms with E-state index >= 15 is 0 Å². The van der Waals surface area contributed by atoms with Crippen LogP contribution < -0.4 is 0 Å². The van der Waals surface area contributed by atoms with Crippen molar-refractivity contribution in [3.8, 4) is 0 Å². The predicted molar refractivity (Wildman–Crippen MR) is 55.9 cm³/mol. The number of hydrogen-bond acceptors (Lipinski definition) is 2. The van der Waals surface area contributed by atoms with Gasteiger partial charge in [-0.1, -0.05) is 6.42 Å². The van der Waals surface area contributed by atoms with E-state index in [9.17, 15) is 4.79 Å². The lowest BCUT2D eigenvalue weighted by atomic mass is 9.82. The Balaban J connectivity index is 2.36. The third-order valence-electron chi connectivity index (χ3n) is 2.97. The Hall–Kier alpha value is -0.570. The van der Waals surface area contributed by atoms with Crippen LogP contribution in [0, 0.1) is 5.92 Å². The van der Waals surface area contributed by atoms with E-state index < -0.39 is 0 Å². The molecule has 0 aromatic heterocycles. The van der Waals surface area contributed by atoms with E-state index in [0.29, 0.717) is 18.9 Å². The molecule has 0 atom stereocenters. The van der Waals surface area contributed by atoms with Crippen molar-refractivity contribution in [3.63, 3.8) is 0 Å². The molecule has 0 heterocycles. The lowest BCUT2D eigenvalue weighted by Gasteiger charge is -2.31. The van der Waals surface area contributed by atoms with E-state index in [1.165, 1.54) is 19.3 Å². The summed E-state index contributed by atoms with van der Waals surface area (Å²) in [6, 6.07) is 0.203. The molecular formula is C11H21NO2. The van der Waals surface area contributed by atoms with Gasteiger partial charge in [0.25, 0.3) is 0 Å². The first-order valence-corrected chi connectivity index (χ1v) is 5.55. The summed E-state index contributed by atoms with van der Waals surface area (Å²) in [5.74, 6) is 0.821. The van der Waals surface area contributed by atoms with Gasteiger partial charge in [-0.3, -0.25) is 4.79 Å². The molecular weight excluding hydrogens is 178 g/mol. The van der Waals surface area contributed by atoms with Crippen molar-refractivity contribution < 1.29 is 9.90 Å². The Bertz CT molecular complexity index is 188. The van der Waals surface area contributed by atoms with Gasteiger partial charge in [0, 0.05) is 19.0 Å². The molecule has 1 saturated carbocycles. The second-order valence-electron chi connectivity index (χ2n) is 4.41. The summed E-state index contributed by atoms with van der Waals surface area (Å²) >= 11 is 0. The molecule has 0 saturated heterocycles. The molecule has 1 fully saturated rings. The maximum absolute atomic E-state index is 11.8. The highest BCUT2D eigenvalue weighted by atomic mass is 16.3.